The minimum atomic E-state index is 0.00824. The summed E-state index contributed by atoms with van der Waals surface area (Å²) >= 11 is 0. The van der Waals surface area contributed by atoms with Crippen LogP contribution < -0.4 is 4.74 Å². The van der Waals surface area contributed by atoms with Crippen LogP contribution >= 0.6 is 0 Å². The van der Waals surface area contributed by atoms with Gasteiger partial charge in [-0.05, 0) is 19.1 Å². The van der Waals surface area contributed by atoms with E-state index < -0.39 is 0 Å². The minimum Gasteiger partial charge on any atom is -0.496 e. The highest BCUT2D eigenvalue weighted by Gasteiger charge is 2.06. The molecule has 74 valence electrons. The Morgan fingerprint density at radius 1 is 1.57 bits per heavy atom. The van der Waals surface area contributed by atoms with Gasteiger partial charge >= 0.3 is 0 Å². The Morgan fingerprint density at radius 3 is 2.86 bits per heavy atom. The third-order valence-electron chi connectivity index (χ3n) is 2.03. The van der Waals surface area contributed by atoms with E-state index in [-0.39, 0.29) is 5.78 Å². The Hall–Kier alpha value is -1.57. The predicted molar refractivity (Wildman–Crippen MR) is 56.6 cm³/mol. The van der Waals surface area contributed by atoms with Crippen molar-refractivity contribution in [2.24, 2.45) is 0 Å². The Balaban J connectivity index is 2.98. The molecule has 0 saturated heterocycles. The zero-order chi connectivity index (χ0) is 10.6. The first kappa shape index (κ1) is 10.5. The molecule has 0 aromatic heterocycles. The Bertz CT molecular complexity index is 353. The van der Waals surface area contributed by atoms with Crippen molar-refractivity contribution in [2.75, 3.05) is 7.11 Å². The molecule has 2 nitrogen and oxygen atoms in total. The van der Waals surface area contributed by atoms with Crippen LogP contribution in [0.5, 0.6) is 5.75 Å². The summed E-state index contributed by atoms with van der Waals surface area (Å²) in [6.45, 7) is 5.43. The maximum atomic E-state index is 11.2. The van der Waals surface area contributed by atoms with E-state index in [4.69, 9.17) is 4.74 Å². The monoisotopic (exact) mass is 190 g/mol. The molecule has 14 heavy (non-hydrogen) atoms. The fraction of sp³-hybridized carbons (Fsp3) is 0.250. The molecule has 1 aromatic rings. The lowest BCUT2D eigenvalue weighted by Gasteiger charge is -2.07. The number of benzene rings is 1. The van der Waals surface area contributed by atoms with E-state index in [2.05, 4.69) is 6.58 Å². The molecule has 2 heteroatoms. The van der Waals surface area contributed by atoms with Gasteiger partial charge in [-0.3, -0.25) is 4.79 Å². The summed E-state index contributed by atoms with van der Waals surface area (Å²) in [7, 11) is 1.60. The molecule has 0 heterocycles. The second kappa shape index (κ2) is 4.61. The number of ketones is 1. The smallest absolute Gasteiger partial charge is 0.159 e. The van der Waals surface area contributed by atoms with Crippen LogP contribution in [0.2, 0.25) is 0 Å². The van der Waals surface area contributed by atoms with Crippen LogP contribution in [0.25, 0.3) is 0 Å². The summed E-state index contributed by atoms with van der Waals surface area (Å²) in [5, 5.41) is 0. The average molecular weight is 190 g/mol. The average Bonchev–Trinajstić information content (AvgIpc) is 2.18. The molecule has 0 N–H and O–H groups in total. The lowest BCUT2D eigenvalue weighted by molar-refractivity contribution is -0.114. The van der Waals surface area contributed by atoms with Gasteiger partial charge in [0.05, 0.1) is 7.11 Å². The van der Waals surface area contributed by atoms with Crippen LogP contribution in [0.4, 0.5) is 0 Å². The highest BCUT2D eigenvalue weighted by molar-refractivity contribution is 5.91. The summed E-state index contributed by atoms with van der Waals surface area (Å²) < 4.78 is 5.16. The van der Waals surface area contributed by atoms with Crippen molar-refractivity contribution in [2.45, 2.75) is 13.3 Å². The number of carbonyl (C=O) groups is 1. The number of allylic oxidation sites excluding steroid dienone is 1. The van der Waals surface area contributed by atoms with Gasteiger partial charge in [-0.25, -0.2) is 0 Å². The fourth-order valence-corrected chi connectivity index (χ4v) is 1.31. The van der Waals surface area contributed by atoms with Gasteiger partial charge in [-0.2, -0.15) is 0 Å². The van der Waals surface area contributed by atoms with E-state index >= 15 is 0 Å². The second-order valence-electron chi connectivity index (χ2n) is 3.16. The molecule has 0 aliphatic carbocycles. The third-order valence-corrected chi connectivity index (χ3v) is 2.03. The molecule has 0 aliphatic rings. The minimum absolute atomic E-state index is 0.00824. The van der Waals surface area contributed by atoms with Crippen LogP contribution in [0.3, 0.4) is 0 Å². The lowest BCUT2D eigenvalue weighted by Crippen LogP contribution is -2.00. The first-order valence-electron chi connectivity index (χ1n) is 4.46. The van der Waals surface area contributed by atoms with Crippen molar-refractivity contribution >= 4 is 5.78 Å². The third kappa shape index (κ3) is 2.46. The molecule has 1 aromatic carbocycles. The van der Waals surface area contributed by atoms with Crippen molar-refractivity contribution in [3.63, 3.8) is 0 Å². The summed E-state index contributed by atoms with van der Waals surface area (Å²) in [5.74, 6) is 0.764. The van der Waals surface area contributed by atoms with Gasteiger partial charge in [0, 0.05) is 12.0 Å². The van der Waals surface area contributed by atoms with Crippen LogP contribution in [0, 0.1) is 6.92 Å². The van der Waals surface area contributed by atoms with Gasteiger partial charge < -0.3 is 4.74 Å². The number of hydrogen-bond donors (Lipinski definition) is 0. The number of aryl methyl sites for hydroxylation is 1. The SMILES string of the molecule is C=CC(=O)Cc1cc(C)ccc1OC. The standard InChI is InChI=1S/C12H14O2/c1-4-11(13)8-10-7-9(2)5-6-12(10)14-3/h4-7H,1,8H2,2-3H3. The molecule has 0 saturated carbocycles. The van der Waals surface area contributed by atoms with E-state index in [0.717, 1.165) is 16.9 Å². The molecular formula is C12H14O2. The van der Waals surface area contributed by atoms with E-state index in [0.29, 0.717) is 6.42 Å². The maximum absolute atomic E-state index is 11.2. The highest BCUT2D eigenvalue weighted by atomic mass is 16.5. The van der Waals surface area contributed by atoms with Gasteiger partial charge in [-0.1, -0.05) is 24.3 Å². The van der Waals surface area contributed by atoms with Gasteiger partial charge in [0.1, 0.15) is 5.75 Å². The molecule has 0 aliphatic heterocycles. The van der Waals surface area contributed by atoms with Gasteiger partial charge in [0.2, 0.25) is 0 Å². The van der Waals surface area contributed by atoms with Crippen molar-refractivity contribution < 1.29 is 9.53 Å². The molecule has 0 unspecified atom stereocenters. The van der Waals surface area contributed by atoms with Crippen LogP contribution in [-0.2, 0) is 11.2 Å². The predicted octanol–water partition coefficient (Wildman–Crippen LogP) is 2.30. The summed E-state index contributed by atoms with van der Waals surface area (Å²) in [6, 6.07) is 5.79. The summed E-state index contributed by atoms with van der Waals surface area (Å²) in [4.78, 5) is 11.2. The normalized spacial score (nSPS) is 9.57. The molecule has 1 rings (SSSR count). The maximum Gasteiger partial charge on any atom is 0.159 e. The van der Waals surface area contributed by atoms with Crippen LogP contribution in [0.1, 0.15) is 11.1 Å². The fourth-order valence-electron chi connectivity index (χ4n) is 1.31. The molecule has 0 amide bonds. The largest absolute Gasteiger partial charge is 0.496 e. The number of hydrogen-bond acceptors (Lipinski definition) is 2. The highest BCUT2D eigenvalue weighted by Crippen LogP contribution is 2.20. The first-order chi connectivity index (χ1) is 6.67. The number of rotatable bonds is 4. The molecule has 0 radical (unpaired) electrons. The van der Waals surface area contributed by atoms with E-state index in [1.807, 2.05) is 25.1 Å². The molecule has 0 fully saturated rings. The zero-order valence-electron chi connectivity index (χ0n) is 8.54. The summed E-state index contributed by atoms with van der Waals surface area (Å²) in [5.41, 5.74) is 2.04. The lowest BCUT2D eigenvalue weighted by atomic mass is 10.1. The Kier molecular flexibility index (Phi) is 3.46. The zero-order valence-corrected chi connectivity index (χ0v) is 8.54. The molecular weight excluding hydrogens is 176 g/mol. The first-order valence-corrected chi connectivity index (χ1v) is 4.46. The molecule has 0 bridgehead atoms. The van der Waals surface area contributed by atoms with Crippen molar-refractivity contribution in [1.29, 1.82) is 0 Å². The van der Waals surface area contributed by atoms with Crippen molar-refractivity contribution in [3.05, 3.63) is 42.0 Å². The van der Waals surface area contributed by atoms with E-state index in [1.54, 1.807) is 7.11 Å². The van der Waals surface area contributed by atoms with Crippen LogP contribution in [0.15, 0.2) is 30.9 Å². The van der Waals surface area contributed by atoms with Gasteiger partial charge in [0.25, 0.3) is 0 Å². The Morgan fingerprint density at radius 2 is 2.29 bits per heavy atom. The summed E-state index contributed by atoms with van der Waals surface area (Å²) in [6.07, 6.45) is 1.69. The molecule has 0 spiro atoms. The van der Waals surface area contributed by atoms with Crippen molar-refractivity contribution in [1.82, 2.24) is 0 Å². The van der Waals surface area contributed by atoms with Gasteiger partial charge in [0.15, 0.2) is 5.78 Å². The quantitative estimate of drug-likeness (QED) is 0.681. The second-order valence-corrected chi connectivity index (χ2v) is 3.16. The van der Waals surface area contributed by atoms with Crippen molar-refractivity contribution in [3.8, 4) is 5.75 Å². The molecule has 0 atom stereocenters. The number of carbonyl (C=O) groups excluding carboxylic acids is 1. The van der Waals surface area contributed by atoms with E-state index in [9.17, 15) is 4.79 Å². The number of ether oxygens (including phenoxy) is 1. The topological polar surface area (TPSA) is 26.3 Å². The van der Waals surface area contributed by atoms with E-state index in [1.165, 1.54) is 6.08 Å². The van der Waals surface area contributed by atoms with Gasteiger partial charge in [-0.15, -0.1) is 0 Å². The Labute approximate surface area is 84.2 Å². The number of methoxy groups -OCH3 is 1. The van der Waals surface area contributed by atoms with Crippen LogP contribution in [-0.4, -0.2) is 12.9 Å².